The molecular weight excluding hydrogens is 224 g/mol. The van der Waals surface area contributed by atoms with Gasteiger partial charge < -0.3 is 10.5 Å². The molecule has 0 amide bonds. The van der Waals surface area contributed by atoms with E-state index in [9.17, 15) is 8.78 Å². The van der Waals surface area contributed by atoms with Crippen molar-refractivity contribution in [1.29, 1.82) is 0 Å². The van der Waals surface area contributed by atoms with Gasteiger partial charge in [0, 0.05) is 0 Å². The van der Waals surface area contributed by atoms with Gasteiger partial charge in [0.1, 0.15) is 0 Å². The van der Waals surface area contributed by atoms with Crippen molar-refractivity contribution in [2.75, 3.05) is 13.7 Å². The van der Waals surface area contributed by atoms with E-state index in [0.29, 0.717) is 24.9 Å². The molecule has 84 valence electrons. The van der Waals surface area contributed by atoms with Crippen molar-refractivity contribution in [2.24, 2.45) is 5.73 Å². The summed E-state index contributed by atoms with van der Waals surface area (Å²) in [6.45, 7) is 0.441. The molecule has 0 radical (unpaired) electrons. The second-order valence-corrected chi connectivity index (χ2v) is 3.48. The normalized spacial score (nSPS) is 10.5. The van der Waals surface area contributed by atoms with Crippen LogP contribution in [-0.4, -0.2) is 13.7 Å². The molecule has 0 spiro atoms. The Labute approximate surface area is 92.0 Å². The average Bonchev–Trinajstić information content (AvgIpc) is 2.22. The third-order valence-corrected chi connectivity index (χ3v) is 2.32. The Hall–Kier alpha value is -0.870. The van der Waals surface area contributed by atoms with Crippen LogP contribution >= 0.6 is 11.6 Å². The van der Waals surface area contributed by atoms with Crippen LogP contribution in [0.15, 0.2) is 6.07 Å². The predicted octanol–water partition coefficient (Wildman–Crippen LogP) is 2.52. The summed E-state index contributed by atoms with van der Waals surface area (Å²) in [7, 11) is 1.20. The van der Waals surface area contributed by atoms with Gasteiger partial charge in [0.05, 0.1) is 12.1 Å². The Morgan fingerprint density at radius 1 is 1.40 bits per heavy atom. The molecule has 0 unspecified atom stereocenters. The van der Waals surface area contributed by atoms with Crippen LogP contribution in [-0.2, 0) is 6.42 Å². The van der Waals surface area contributed by atoms with Gasteiger partial charge in [0.25, 0.3) is 0 Å². The highest BCUT2D eigenvalue weighted by atomic mass is 35.5. The summed E-state index contributed by atoms with van der Waals surface area (Å²) in [6.07, 6.45) is 1.03. The fourth-order valence-corrected chi connectivity index (χ4v) is 1.50. The van der Waals surface area contributed by atoms with Crippen molar-refractivity contribution in [1.82, 2.24) is 0 Å². The van der Waals surface area contributed by atoms with E-state index in [1.54, 1.807) is 0 Å². The number of rotatable bonds is 4. The molecule has 0 aromatic heterocycles. The van der Waals surface area contributed by atoms with Crippen LogP contribution in [0, 0.1) is 11.6 Å². The molecule has 0 saturated carbocycles. The molecule has 15 heavy (non-hydrogen) atoms. The van der Waals surface area contributed by atoms with Crippen LogP contribution in [0.25, 0.3) is 0 Å². The molecule has 2 nitrogen and oxygen atoms in total. The van der Waals surface area contributed by atoms with Gasteiger partial charge in [-0.15, -0.1) is 0 Å². The number of hydrogen-bond acceptors (Lipinski definition) is 2. The van der Waals surface area contributed by atoms with Crippen LogP contribution in [0.2, 0.25) is 5.02 Å². The molecule has 0 aliphatic rings. The van der Waals surface area contributed by atoms with E-state index in [1.807, 2.05) is 0 Å². The molecule has 0 aliphatic carbocycles. The van der Waals surface area contributed by atoms with Gasteiger partial charge in [0.15, 0.2) is 17.4 Å². The highest BCUT2D eigenvalue weighted by Gasteiger charge is 2.17. The lowest BCUT2D eigenvalue weighted by Crippen LogP contribution is -2.04. The molecule has 0 heterocycles. The van der Waals surface area contributed by atoms with E-state index < -0.39 is 17.4 Å². The highest BCUT2D eigenvalue weighted by Crippen LogP contribution is 2.31. The highest BCUT2D eigenvalue weighted by molar-refractivity contribution is 6.31. The lowest BCUT2D eigenvalue weighted by molar-refractivity contribution is 0.357. The maximum absolute atomic E-state index is 13.6. The second kappa shape index (κ2) is 5.28. The van der Waals surface area contributed by atoms with Crippen molar-refractivity contribution < 1.29 is 13.5 Å². The summed E-state index contributed by atoms with van der Waals surface area (Å²) in [5.41, 5.74) is 5.63. The predicted molar refractivity (Wildman–Crippen MR) is 55.3 cm³/mol. The molecule has 0 aliphatic heterocycles. The summed E-state index contributed by atoms with van der Waals surface area (Å²) in [4.78, 5) is 0. The van der Waals surface area contributed by atoms with Gasteiger partial charge in [-0.3, -0.25) is 0 Å². The van der Waals surface area contributed by atoms with Gasteiger partial charge in [-0.05, 0) is 31.0 Å². The molecule has 0 saturated heterocycles. The SMILES string of the molecule is COc1c(F)c(Cl)cc(CCCN)c1F. The minimum Gasteiger partial charge on any atom is -0.491 e. The summed E-state index contributed by atoms with van der Waals surface area (Å²) in [5.74, 6) is -2.00. The first-order valence-corrected chi connectivity index (χ1v) is 4.90. The van der Waals surface area contributed by atoms with E-state index in [2.05, 4.69) is 4.74 Å². The molecule has 5 heteroatoms. The molecule has 2 N–H and O–H groups in total. The second-order valence-electron chi connectivity index (χ2n) is 3.07. The van der Waals surface area contributed by atoms with E-state index in [0.717, 1.165) is 0 Å². The molecule has 0 fully saturated rings. The Morgan fingerprint density at radius 2 is 2.07 bits per heavy atom. The number of methoxy groups -OCH3 is 1. The standard InChI is InChI=1S/C10H12ClF2NO/c1-15-10-8(12)6(3-2-4-14)5-7(11)9(10)13/h5H,2-4,14H2,1H3. The third kappa shape index (κ3) is 2.58. The van der Waals surface area contributed by atoms with Gasteiger partial charge in [-0.1, -0.05) is 11.6 Å². The summed E-state index contributed by atoms with van der Waals surface area (Å²) >= 11 is 5.60. The van der Waals surface area contributed by atoms with Crippen LogP contribution in [0.1, 0.15) is 12.0 Å². The molecule has 1 rings (SSSR count). The molecule has 0 bridgehead atoms. The monoisotopic (exact) mass is 235 g/mol. The number of benzene rings is 1. The zero-order chi connectivity index (χ0) is 11.4. The van der Waals surface area contributed by atoms with Crippen molar-refractivity contribution in [3.05, 3.63) is 28.3 Å². The maximum Gasteiger partial charge on any atom is 0.192 e. The number of ether oxygens (including phenoxy) is 1. The van der Waals surface area contributed by atoms with Crippen molar-refractivity contribution >= 4 is 11.6 Å². The summed E-state index contributed by atoms with van der Waals surface area (Å²) < 4.78 is 31.4. The first-order valence-electron chi connectivity index (χ1n) is 4.52. The fourth-order valence-electron chi connectivity index (χ4n) is 1.28. The third-order valence-electron chi connectivity index (χ3n) is 2.05. The Balaban J connectivity index is 3.12. The van der Waals surface area contributed by atoms with Crippen LogP contribution < -0.4 is 10.5 Å². The smallest absolute Gasteiger partial charge is 0.192 e. The number of halogens is 3. The van der Waals surface area contributed by atoms with Gasteiger partial charge in [-0.25, -0.2) is 8.78 Å². The quantitative estimate of drug-likeness (QED) is 0.814. The number of nitrogens with two attached hydrogens (primary N) is 1. The zero-order valence-electron chi connectivity index (χ0n) is 8.32. The van der Waals surface area contributed by atoms with Crippen molar-refractivity contribution in [3.63, 3.8) is 0 Å². The Kier molecular flexibility index (Phi) is 4.29. The Bertz CT molecular complexity index is 358. The van der Waals surface area contributed by atoms with E-state index in [-0.39, 0.29) is 5.02 Å². The molecule has 0 atom stereocenters. The van der Waals surface area contributed by atoms with E-state index in [1.165, 1.54) is 13.2 Å². The zero-order valence-corrected chi connectivity index (χ0v) is 9.07. The lowest BCUT2D eigenvalue weighted by Gasteiger charge is -2.09. The maximum atomic E-state index is 13.6. The van der Waals surface area contributed by atoms with Crippen LogP contribution in [0.3, 0.4) is 0 Å². The van der Waals surface area contributed by atoms with Crippen LogP contribution in [0.5, 0.6) is 5.75 Å². The van der Waals surface area contributed by atoms with E-state index in [4.69, 9.17) is 17.3 Å². The van der Waals surface area contributed by atoms with Gasteiger partial charge in [0.2, 0.25) is 0 Å². The summed E-state index contributed by atoms with van der Waals surface area (Å²) in [5, 5.41) is -0.139. The van der Waals surface area contributed by atoms with Crippen molar-refractivity contribution in [3.8, 4) is 5.75 Å². The average molecular weight is 236 g/mol. The van der Waals surface area contributed by atoms with Gasteiger partial charge >= 0.3 is 0 Å². The van der Waals surface area contributed by atoms with Crippen molar-refractivity contribution in [2.45, 2.75) is 12.8 Å². The molecule has 1 aromatic carbocycles. The first-order chi connectivity index (χ1) is 7.11. The number of hydrogen-bond donors (Lipinski definition) is 1. The lowest BCUT2D eigenvalue weighted by atomic mass is 10.1. The molecule has 1 aromatic rings. The van der Waals surface area contributed by atoms with Gasteiger partial charge in [-0.2, -0.15) is 0 Å². The summed E-state index contributed by atoms with van der Waals surface area (Å²) in [6, 6.07) is 1.27. The minimum absolute atomic E-state index is 0.139. The molecular formula is C10H12ClF2NO. The fraction of sp³-hybridized carbons (Fsp3) is 0.400. The van der Waals surface area contributed by atoms with Crippen LogP contribution in [0.4, 0.5) is 8.78 Å². The first kappa shape index (κ1) is 12.2. The van der Waals surface area contributed by atoms with E-state index >= 15 is 0 Å². The minimum atomic E-state index is -0.867. The topological polar surface area (TPSA) is 35.2 Å². The number of aryl methyl sites for hydroxylation is 1. The largest absolute Gasteiger partial charge is 0.491 e. The Morgan fingerprint density at radius 3 is 2.60 bits per heavy atom.